The zero-order valence-electron chi connectivity index (χ0n) is 19.6. The van der Waals surface area contributed by atoms with Gasteiger partial charge in [0.05, 0.1) is 35.1 Å². The third-order valence-corrected chi connectivity index (χ3v) is 6.90. The van der Waals surface area contributed by atoms with E-state index in [0.29, 0.717) is 40.6 Å². The van der Waals surface area contributed by atoms with Crippen molar-refractivity contribution < 1.29 is 28.9 Å². The van der Waals surface area contributed by atoms with Gasteiger partial charge in [0.1, 0.15) is 6.61 Å². The van der Waals surface area contributed by atoms with E-state index in [1.807, 2.05) is 26.0 Å². The lowest BCUT2D eigenvalue weighted by molar-refractivity contribution is -0.171. The number of aryl methyl sites for hydroxylation is 1. The number of carbonyl (C=O) groups excluding carboxylic acids is 2. The maximum Gasteiger partial charge on any atom is 0.335 e. The first-order chi connectivity index (χ1) is 16.5. The number of fused-ring (bicyclic) bond motifs is 6. The highest BCUT2D eigenvalue weighted by atomic mass is 16.7. The van der Waals surface area contributed by atoms with Crippen molar-refractivity contribution >= 4 is 34.2 Å². The molecule has 1 aromatic heterocycles. The number of hydrogen-bond acceptors (Lipinski definition) is 8. The number of unbranched alkanes of at least 4 members (excludes halogenated alkanes) is 1. The number of anilines is 1. The van der Waals surface area contributed by atoms with Crippen LogP contribution in [0.4, 0.5) is 5.69 Å². The van der Waals surface area contributed by atoms with Gasteiger partial charge in [0.2, 0.25) is 12.7 Å². The number of nitrogens with zero attached hydrogens (tertiary/aromatic N) is 2. The molecule has 1 saturated heterocycles. The maximum absolute atomic E-state index is 13.3. The SMILES string of the molecule is CC.CCCCc1c2c(nc3cc4c(c(N)c13)OCO4)C1=CC3C(O)C(=O)OCC3C(=O)N1C2. The van der Waals surface area contributed by atoms with E-state index in [0.717, 1.165) is 35.8 Å². The molecule has 0 spiro atoms. The van der Waals surface area contributed by atoms with Gasteiger partial charge in [-0.3, -0.25) is 4.79 Å². The van der Waals surface area contributed by atoms with Gasteiger partial charge in [-0.1, -0.05) is 33.3 Å². The predicted molar refractivity (Wildman–Crippen MR) is 125 cm³/mol. The summed E-state index contributed by atoms with van der Waals surface area (Å²) in [4.78, 5) is 31.8. The molecule has 0 aliphatic carbocycles. The summed E-state index contributed by atoms with van der Waals surface area (Å²) in [5, 5.41) is 11.2. The van der Waals surface area contributed by atoms with Crippen molar-refractivity contribution in [2.45, 2.75) is 52.7 Å². The molecule has 0 radical (unpaired) electrons. The molecule has 4 aliphatic heterocycles. The molecule has 5 heterocycles. The highest BCUT2D eigenvalue weighted by Crippen LogP contribution is 2.48. The number of aliphatic hydroxyl groups is 1. The van der Waals surface area contributed by atoms with Gasteiger partial charge in [0.25, 0.3) is 0 Å². The number of amides is 1. The van der Waals surface area contributed by atoms with Crippen LogP contribution in [0.3, 0.4) is 0 Å². The molecule has 6 rings (SSSR count). The monoisotopic (exact) mass is 467 g/mol. The molecule has 9 heteroatoms. The average Bonchev–Trinajstić information content (AvgIpc) is 3.46. The predicted octanol–water partition coefficient (Wildman–Crippen LogP) is 2.76. The highest BCUT2D eigenvalue weighted by molar-refractivity contribution is 6.02. The van der Waals surface area contributed by atoms with Gasteiger partial charge in [-0.05, 0) is 18.4 Å². The number of nitrogens with two attached hydrogens (primary N) is 1. The number of benzene rings is 1. The van der Waals surface area contributed by atoms with Crippen LogP contribution in [0.15, 0.2) is 12.1 Å². The molecular formula is C25H29N3O6. The molecular weight excluding hydrogens is 438 g/mol. The summed E-state index contributed by atoms with van der Waals surface area (Å²) in [7, 11) is 0. The zero-order valence-corrected chi connectivity index (χ0v) is 19.6. The molecule has 1 fully saturated rings. The van der Waals surface area contributed by atoms with Crippen LogP contribution >= 0.6 is 0 Å². The Kier molecular flexibility index (Phi) is 5.59. The van der Waals surface area contributed by atoms with E-state index in [1.54, 1.807) is 4.90 Å². The van der Waals surface area contributed by atoms with Gasteiger partial charge in [-0.15, -0.1) is 0 Å². The third kappa shape index (κ3) is 3.14. The number of carbonyl (C=O) groups is 2. The lowest BCUT2D eigenvalue weighted by Crippen LogP contribution is -2.51. The van der Waals surface area contributed by atoms with Crippen molar-refractivity contribution in [1.29, 1.82) is 0 Å². The average molecular weight is 468 g/mol. The minimum atomic E-state index is -1.36. The van der Waals surface area contributed by atoms with E-state index in [1.165, 1.54) is 0 Å². The molecule has 3 atom stereocenters. The second-order valence-corrected chi connectivity index (χ2v) is 8.67. The minimum absolute atomic E-state index is 0.0253. The quantitative estimate of drug-likeness (QED) is 0.522. The van der Waals surface area contributed by atoms with Gasteiger partial charge < -0.3 is 30.0 Å². The van der Waals surface area contributed by atoms with Crippen LogP contribution in [0.5, 0.6) is 11.5 Å². The summed E-state index contributed by atoms with van der Waals surface area (Å²) >= 11 is 0. The molecule has 34 heavy (non-hydrogen) atoms. The molecule has 0 saturated carbocycles. The van der Waals surface area contributed by atoms with E-state index in [2.05, 4.69) is 6.92 Å². The van der Waals surface area contributed by atoms with Crippen LogP contribution in [-0.2, 0) is 27.3 Å². The van der Waals surface area contributed by atoms with Crippen molar-refractivity contribution in [3.63, 3.8) is 0 Å². The van der Waals surface area contributed by atoms with Crippen molar-refractivity contribution in [2.75, 3.05) is 19.1 Å². The first-order valence-electron chi connectivity index (χ1n) is 11.9. The zero-order chi connectivity index (χ0) is 24.1. The number of aromatic nitrogens is 1. The van der Waals surface area contributed by atoms with E-state index in [-0.39, 0.29) is 19.3 Å². The lowest BCUT2D eigenvalue weighted by atomic mass is 9.81. The van der Waals surface area contributed by atoms with E-state index in [4.69, 9.17) is 24.9 Å². The summed E-state index contributed by atoms with van der Waals surface area (Å²) in [5.74, 6) is -0.988. The Labute approximate surface area is 197 Å². The number of ether oxygens (including phenoxy) is 3. The molecule has 4 aliphatic rings. The van der Waals surface area contributed by atoms with Crippen LogP contribution < -0.4 is 15.2 Å². The van der Waals surface area contributed by atoms with Gasteiger partial charge in [0.15, 0.2) is 17.6 Å². The molecule has 180 valence electrons. The van der Waals surface area contributed by atoms with Gasteiger partial charge >= 0.3 is 5.97 Å². The fourth-order valence-corrected chi connectivity index (χ4v) is 5.26. The Morgan fingerprint density at radius 1 is 1.24 bits per heavy atom. The summed E-state index contributed by atoms with van der Waals surface area (Å²) in [6.45, 7) is 6.59. The molecule has 0 bridgehead atoms. The summed E-state index contributed by atoms with van der Waals surface area (Å²) in [6, 6.07) is 1.83. The summed E-state index contributed by atoms with van der Waals surface area (Å²) in [5.41, 5.74) is 11.0. The Balaban J connectivity index is 0.00000117. The fourth-order valence-electron chi connectivity index (χ4n) is 5.26. The molecule has 1 aromatic carbocycles. The maximum atomic E-state index is 13.3. The van der Waals surface area contributed by atoms with Crippen LogP contribution in [0, 0.1) is 11.8 Å². The molecule has 1 amide bonds. The van der Waals surface area contributed by atoms with Crippen molar-refractivity contribution in [3.05, 3.63) is 29.0 Å². The topological polar surface area (TPSA) is 124 Å². The lowest BCUT2D eigenvalue weighted by Gasteiger charge is -2.38. The Bertz CT molecular complexity index is 1220. The number of cyclic esters (lactones) is 1. The number of aliphatic hydroxyl groups excluding tert-OH is 1. The van der Waals surface area contributed by atoms with Crippen LogP contribution in [0.25, 0.3) is 16.6 Å². The Hall–Kier alpha value is -3.33. The highest BCUT2D eigenvalue weighted by Gasteiger charge is 2.49. The number of esters is 1. The van der Waals surface area contributed by atoms with E-state index >= 15 is 0 Å². The summed E-state index contributed by atoms with van der Waals surface area (Å²) < 4.78 is 16.2. The Morgan fingerprint density at radius 2 is 2.03 bits per heavy atom. The van der Waals surface area contributed by atoms with Gasteiger partial charge in [-0.2, -0.15) is 0 Å². The molecule has 3 unspecified atom stereocenters. The molecule has 9 nitrogen and oxygen atoms in total. The number of pyridine rings is 1. The normalized spacial score (nSPS) is 24.1. The van der Waals surface area contributed by atoms with Crippen LogP contribution in [0.1, 0.15) is 50.4 Å². The van der Waals surface area contributed by atoms with Crippen LogP contribution in [0.2, 0.25) is 0 Å². The van der Waals surface area contributed by atoms with Gasteiger partial charge in [0, 0.05) is 22.9 Å². The first-order valence-corrected chi connectivity index (χ1v) is 11.9. The molecule has 2 aromatic rings. The van der Waals surface area contributed by atoms with Crippen LogP contribution in [-0.4, -0.2) is 46.4 Å². The largest absolute Gasteiger partial charge is 0.463 e. The van der Waals surface area contributed by atoms with Crippen molar-refractivity contribution in [2.24, 2.45) is 11.8 Å². The number of nitrogen functional groups attached to an aromatic ring is 1. The summed E-state index contributed by atoms with van der Waals surface area (Å²) in [6.07, 6.45) is 3.19. The Morgan fingerprint density at radius 3 is 2.79 bits per heavy atom. The van der Waals surface area contributed by atoms with Gasteiger partial charge in [-0.25, -0.2) is 9.78 Å². The fraction of sp³-hybridized carbons (Fsp3) is 0.480. The van der Waals surface area contributed by atoms with Crippen molar-refractivity contribution in [3.8, 4) is 11.5 Å². The van der Waals surface area contributed by atoms with E-state index in [9.17, 15) is 14.7 Å². The van der Waals surface area contributed by atoms with E-state index < -0.39 is 23.9 Å². The number of rotatable bonds is 3. The molecule has 3 N–H and O–H groups in total. The third-order valence-electron chi connectivity index (χ3n) is 6.90. The smallest absolute Gasteiger partial charge is 0.335 e. The van der Waals surface area contributed by atoms with Crippen molar-refractivity contribution in [1.82, 2.24) is 9.88 Å². The second-order valence-electron chi connectivity index (χ2n) is 8.67. The second kappa shape index (κ2) is 8.47. The minimum Gasteiger partial charge on any atom is -0.463 e. The number of hydrogen-bond donors (Lipinski definition) is 2. The first kappa shape index (κ1) is 22.5. The standard InChI is InChI=1S/C23H23N3O6.C2H6/c1-2-3-4-10-12-7-26-15(5-11-13(22(26)28)8-30-23(29)20(11)27)19(12)25-14-6-16-21(32-9-31-16)18(24)17(10)14;1-2/h5-6,11,13,20,27H,2-4,7-9,24H2,1H3;1-2H3.